The highest BCUT2D eigenvalue weighted by molar-refractivity contribution is 6.08. The lowest BCUT2D eigenvalue weighted by Gasteiger charge is -2.12. The van der Waals surface area contributed by atoms with Gasteiger partial charge in [-0.25, -0.2) is 0 Å². The van der Waals surface area contributed by atoms with Gasteiger partial charge in [-0.05, 0) is 53.9 Å². The molecule has 5 nitrogen and oxygen atoms in total. The number of aromatic nitrogens is 2. The first-order valence-electron chi connectivity index (χ1n) is 9.61. The normalized spacial score (nSPS) is 10.8. The average Bonchev–Trinajstić information content (AvgIpc) is 2.77. The van der Waals surface area contributed by atoms with Crippen molar-refractivity contribution in [2.45, 2.75) is 13.3 Å². The maximum absolute atomic E-state index is 8.66. The second kappa shape index (κ2) is 8.10. The Hall–Kier alpha value is -3.73. The van der Waals surface area contributed by atoms with Crippen molar-refractivity contribution in [2.24, 2.45) is 0 Å². The molecule has 4 rings (SSSR count). The number of benzene rings is 2. The standard InChI is InChI=1S/C24H22N4O/c1-2-15-29-19-9-7-17(8-10-19)18-12-14-28(23(25)16-18)24(26)21-11-13-27-22-6-4-3-5-20(21)22/h3-14,16,25-26H,2,15H2,1H3. The molecule has 0 unspecified atom stereocenters. The van der Waals surface area contributed by atoms with Crippen LogP contribution in [0.4, 0.5) is 0 Å². The van der Waals surface area contributed by atoms with Crippen LogP contribution in [0, 0.1) is 10.8 Å². The van der Waals surface area contributed by atoms with E-state index in [1.54, 1.807) is 23.0 Å². The summed E-state index contributed by atoms with van der Waals surface area (Å²) in [5.74, 6) is 1.10. The van der Waals surface area contributed by atoms with Crippen molar-refractivity contribution in [1.29, 1.82) is 10.8 Å². The summed E-state index contributed by atoms with van der Waals surface area (Å²) >= 11 is 0. The van der Waals surface area contributed by atoms with Crippen molar-refractivity contribution < 1.29 is 4.74 Å². The Bertz CT molecular complexity index is 1220. The van der Waals surface area contributed by atoms with E-state index in [2.05, 4.69) is 11.9 Å². The molecule has 0 saturated heterocycles. The zero-order valence-electron chi connectivity index (χ0n) is 16.2. The number of nitrogens with zero attached hydrogens (tertiary/aromatic N) is 2. The maximum atomic E-state index is 8.66. The second-order valence-electron chi connectivity index (χ2n) is 6.77. The number of ether oxygens (including phenoxy) is 1. The Morgan fingerprint density at radius 3 is 2.55 bits per heavy atom. The molecule has 2 N–H and O–H groups in total. The van der Waals surface area contributed by atoms with E-state index in [4.69, 9.17) is 15.6 Å². The molecule has 2 aromatic heterocycles. The maximum Gasteiger partial charge on any atom is 0.138 e. The lowest BCUT2D eigenvalue weighted by molar-refractivity contribution is 0.317. The average molecular weight is 382 g/mol. The van der Waals surface area contributed by atoms with E-state index in [-0.39, 0.29) is 11.3 Å². The molecule has 2 heterocycles. The van der Waals surface area contributed by atoms with Gasteiger partial charge in [0.05, 0.1) is 12.1 Å². The number of hydrogen-bond donors (Lipinski definition) is 2. The monoisotopic (exact) mass is 382 g/mol. The first-order chi connectivity index (χ1) is 14.2. The highest BCUT2D eigenvalue weighted by Gasteiger charge is 2.10. The predicted octanol–water partition coefficient (Wildman–Crippen LogP) is 4.85. The van der Waals surface area contributed by atoms with Gasteiger partial charge in [0.15, 0.2) is 0 Å². The van der Waals surface area contributed by atoms with E-state index in [1.807, 2.05) is 60.7 Å². The summed E-state index contributed by atoms with van der Waals surface area (Å²) in [6.07, 6.45) is 4.45. The van der Waals surface area contributed by atoms with Crippen molar-refractivity contribution in [2.75, 3.05) is 6.61 Å². The topological polar surface area (TPSA) is 74.8 Å². The van der Waals surface area contributed by atoms with E-state index >= 15 is 0 Å². The first-order valence-corrected chi connectivity index (χ1v) is 9.61. The van der Waals surface area contributed by atoms with E-state index in [0.29, 0.717) is 6.61 Å². The van der Waals surface area contributed by atoms with Crippen LogP contribution < -0.4 is 10.2 Å². The molecule has 0 aliphatic carbocycles. The van der Waals surface area contributed by atoms with Crippen LogP contribution >= 0.6 is 0 Å². The number of fused-ring (bicyclic) bond motifs is 1. The van der Waals surface area contributed by atoms with E-state index in [9.17, 15) is 0 Å². The number of para-hydroxylation sites is 1. The summed E-state index contributed by atoms with van der Waals surface area (Å²) in [6.45, 7) is 2.78. The highest BCUT2D eigenvalue weighted by atomic mass is 16.5. The third-order valence-electron chi connectivity index (χ3n) is 4.76. The summed E-state index contributed by atoms with van der Waals surface area (Å²) in [5, 5.41) is 18.0. The first kappa shape index (κ1) is 18.6. The molecular formula is C24H22N4O. The van der Waals surface area contributed by atoms with Gasteiger partial charge in [-0.3, -0.25) is 20.4 Å². The van der Waals surface area contributed by atoms with Gasteiger partial charge in [0.1, 0.15) is 17.1 Å². The summed E-state index contributed by atoms with van der Waals surface area (Å²) in [5.41, 5.74) is 3.78. The van der Waals surface area contributed by atoms with E-state index < -0.39 is 0 Å². The van der Waals surface area contributed by atoms with Crippen LogP contribution in [0.2, 0.25) is 0 Å². The van der Waals surface area contributed by atoms with Crippen LogP contribution in [0.5, 0.6) is 5.75 Å². The van der Waals surface area contributed by atoms with Gasteiger partial charge >= 0.3 is 0 Å². The second-order valence-corrected chi connectivity index (χ2v) is 6.77. The van der Waals surface area contributed by atoms with Crippen molar-refractivity contribution in [3.63, 3.8) is 0 Å². The van der Waals surface area contributed by atoms with Crippen LogP contribution in [0.25, 0.3) is 22.0 Å². The number of nitrogens with one attached hydrogen (secondary N) is 2. The van der Waals surface area contributed by atoms with Gasteiger partial charge in [0.2, 0.25) is 0 Å². The van der Waals surface area contributed by atoms with Crippen LogP contribution in [0.1, 0.15) is 18.9 Å². The van der Waals surface area contributed by atoms with Gasteiger partial charge in [-0.2, -0.15) is 0 Å². The van der Waals surface area contributed by atoms with Crippen molar-refractivity contribution in [3.05, 3.63) is 90.2 Å². The van der Waals surface area contributed by atoms with Crippen molar-refractivity contribution in [1.82, 2.24) is 9.55 Å². The zero-order valence-corrected chi connectivity index (χ0v) is 16.2. The Kier molecular flexibility index (Phi) is 5.20. The quantitative estimate of drug-likeness (QED) is 0.383. The van der Waals surface area contributed by atoms with Crippen LogP contribution in [0.15, 0.2) is 79.1 Å². The van der Waals surface area contributed by atoms with Gasteiger partial charge in [0, 0.05) is 23.3 Å². The SMILES string of the molecule is CCCOc1ccc(-c2ccn(C(=N)c3ccnc4ccccc34)c(=N)c2)cc1. The molecule has 5 heteroatoms. The molecule has 2 aromatic carbocycles. The largest absolute Gasteiger partial charge is 0.494 e. The molecule has 0 spiro atoms. The van der Waals surface area contributed by atoms with Crippen LogP contribution in [-0.2, 0) is 0 Å². The third kappa shape index (κ3) is 3.80. The summed E-state index contributed by atoms with van der Waals surface area (Å²) in [6, 6.07) is 21.1. The lowest BCUT2D eigenvalue weighted by Crippen LogP contribution is -2.26. The fourth-order valence-corrected chi connectivity index (χ4v) is 3.27. The van der Waals surface area contributed by atoms with Gasteiger partial charge in [0.25, 0.3) is 0 Å². The Morgan fingerprint density at radius 2 is 1.79 bits per heavy atom. The zero-order chi connectivity index (χ0) is 20.2. The van der Waals surface area contributed by atoms with E-state index in [0.717, 1.165) is 39.8 Å². The molecule has 0 aliphatic rings. The Labute approximate surface area is 169 Å². The van der Waals surface area contributed by atoms with Crippen LogP contribution in [-0.4, -0.2) is 22.0 Å². The molecule has 144 valence electrons. The lowest BCUT2D eigenvalue weighted by atomic mass is 10.1. The summed E-state index contributed by atoms with van der Waals surface area (Å²) in [4.78, 5) is 4.36. The molecule has 0 fully saturated rings. The Morgan fingerprint density at radius 1 is 1.00 bits per heavy atom. The molecule has 0 saturated carbocycles. The summed E-state index contributed by atoms with van der Waals surface area (Å²) in [7, 11) is 0. The van der Waals surface area contributed by atoms with E-state index in [1.165, 1.54) is 0 Å². The minimum atomic E-state index is 0.250. The minimum Gasteiger partial charge on any atom is -0.494 e. The summed E-state index contributed by atoms with van der Waals surface area (Å²) < 4.78 is 7.20. The third-order valence-corrected chi connectivity index (χ3v) is 4.76. The van der Waals surface area contributed by atoms with Crippen molar-refractivity contribution >= 4 is 16.7 Å². The van der Waals surface area contributed by atoms with Gasteiger partial charge in [-0.15, -0.1) is 0 Å². The fourth-order valence-electron chi connectivity index (χ4n) is 3.27. The number of hydrogen-bond acceptors (Lipinski definition) is 4. The van der Waals surface area contributed by atoms with Gasteiger partial charge < -0.3 is 4.74 Å². The molecule has 0 amide bonds. The Balaban J connectivity index is 1.65. The van der Waals surface area contributed by atoms with Gasteiger partial charge in [-0.1, -0.05) is 37.3 Å². The minimum absolute atomic E-state index is 0.250. The number of rotatable bonds is 5. The van der Waals surface area contributed by atoms with Crippen LogP contribution in [0.3, 0.4) is 0 Å². The molecular weight excluding hydrogens is 360 g/mol. The fraction of sp³-hybridized carbons (Fsp3) is 0.125. The molecule has 0 aliphatic heterocycles. The molecule has 0 atom stereocenters. The van der Waals surface area contributed by atoms with Crippen molar-refractivity contribution in [3.8, 4) is 16.9 Å². The molecule has 29 heavy (non-hydrogen) atoms. The molecule has 0 bridgehead atoms. The number of pyridine rings is 2. The predicted molar refractivity (Wildman–Crippen MR) is 115 cm³/mol. The molecule has 4 aromatic rings. The smallest absolute Gasteiger partial charge is 0.138 e. The molecule has 0 radical (unpaired) electrons. The highest BCUT2D eigenvalue weighted by Crippen LogP contribution is 2.22.